The molecule has 0 aromatic heterocycles. The standard InChI is InChI=1S/C9H10N2O2/c1-10-13-7-9(12)11-8-5-3-2-4-6-8/h2-6H,1,7H2,(H,11,12). The Morgan fingerprint density at radius 3 is 2.77 bits per heavy atom. The van der Waals surface area contributed by atoms with E-state index in [9.17, 15) is 4.79 Å². The summed E-state index contributed by atoms with van der Waals surface area (Å²) in [5.74, 6) is -0.251. The molecule has 0 fully saturated rings. The van der Waals surface area contributed by atoms with Crippen LogP contribution in [0.15, 0.2) is 35.5 Å². The molecule has 0 aliphatic carbocycles. The van der Waals surface area contributed by atoms with Crippen LogP contribution in [-0.4, -0.2) is 19.2 Å². The lowest BCUT2D eigenvalue weighted by atomic mass is 10.3. The second-order valence-corrected chi connectivity index (χ2v) is 2.32. The monoisotopic (exact) mass is 178 g/mol. The number of para-hydroxylation sites is 1. The molecule has 1 aromatic carbocycles. The van der Waals surface area contributed by atoms with E-state index in [2.05, 4.69) is 22.0 Å². The molecule has 1 amide bonds. The summed E-state index contributed by atoms with van der Waals surface area (Å²) in [7, 11) is 0. The van der Waals surface area contributed by atoms with Crippen molar-refractivity contribution >= 4 is 18.3 Å². The van der Waals surface area contributed by atoms with Gasteiger partial charge < -0.3 is 10.2 Å². The summed E-state index contributed by atoms with van der Waals surface area (Å²) in [4.78, 5) is 15.5. The minimum absolute atomic E-state index is 0.113. The zero-order chi connectivity index (χ0) is 9.52. The summed E-state index contributed by atoms with van der Waals surface area (Å²) < 4.78 is 0. The molecule has 0 bridgehead atoms. The van der Waals surface area contributed by atoms with Gasteiger partial charge >= 0.3 is 0 Å². The molecular formula is C9H10N2O2. The maximum atomic E-state index is 11.0. The van der Waals surface area contributed by atoms with Gasteiger partial charge in [-0.3, -0.25) is 4.79 Å². The maximum Gasteiger partial charge on any atom is 0.265 e. The molecule has 4 heteroatoms. The SMILES string of the molecule is C=NOCC(=O)Nc1ccccc1. The zero-order valence-electron chi connectivity index (χ0n) is 7.06. The second-order valence-electron chi connectivity index (χ2n) is 2.32. The van der Waals surface area contributed by atoms with Crippen molar-refractivity contribution in [2.45, 2.75) is 0 Å². The van der Waals surface area contributed by atoms with Crippen LogP contribution in [0.5, 0.6) is 0 Å². The first kappa shape index (κ1) is 9.25. The van der Waals surface area contributed by atoms with Crippen molar-refractivity contribution in [3.8, 4) is 0 Å². The molecular weight excluding hydrogens is 168 g/mol. The summed E-state index contributed by atoms with van der Waals surface area (Å²) in [5.41, 5.74) is 0.736. The lowest BCUT2D eigenvalue weighted by Crippen LogP contribution is -2.16. The van der Waals surface area contributed by atoms with Crippen molar-refractivity contribution in [1.82, 2.24) is 0 Å². The first-order chi connectivity index (χ1) is 6.33. The van der Waals surface area contributed by atoms with Crippen LogP contribution in [0.3, 0.4) is 0 Å². The van der Waals surface area contributed by atoms with Crippen LogP contribution in [0.1, 0.15) is 0 Å². The highest BCUT2D eigenvalue weighted by Crippen LogP contribution is 2.04. The maximum absolute atomic E-state index is 11.0. The van der Waals surface area contributed by atoms with Gasteiger partial charge in [0.1, 0.15) is 0 Å². The highest BCUT2D eigenvalue weighted by Gasteiger charge is 2.00. The highest BCUT2D eigenvalue weighted by atomic mass is 16.6. The van der Waals surface area contributed by atoms with E-state index in [1.807, 2.05) is 18.2 Å². The molecule has 0 aliphatic rings. The number of nitrogens with zero attached hydrogens (tertiary/aromatic N) is 1. The summed E-state index contributed by atoms with van der Waals surface area (Å²) in [5, 5.41) is 5.73. The van der Waals surface area contributed by atoms with Crippen molar-refractivity contribution in [1.29, 1.82) is 0 Å². The van der Waals surface area contributed by atoms with Gasteiger partial charge in [0.05, 0.1) is 0 Å². The number of amides is 1. The van der Waals surface area contributed by atoms with E-state index in [4.69, 9.17) is 0 Å². The molecule has 68 valence electrons. The van der Waals surface area contributed by atoms with Gasteiger partial charge in [0, 0.05) is 12.4 Å². The van der Waals surface area contributed by atoms with Gasteiger partial charge in [-0.2, -0.15) is 0 Å². The van der Waals surface area contributed by atoms with Crippen LogP contribution >= 0.6 is 0 Å². The Morgan fingerprint density at radius 1 is 1.46 bits per heavy atom. The topological polar surface area (TPSA) is 50.7 Å². The largest absolute Gasteiger partial charge is 0.386 e. The van der Waals surface area contributed by atoms with E-state index < -0.39 is 0 Å². The lowest BCUT2D eigenvalue weighted by molar-refractivity contribution is -0.120. The summed E-state index contributed by atoms with van der Waals surface area (Å²) in [6.45, 7) is 2.97. The van der Waals surface area contributed by atoms with Gasteiger partial charge in [-0.25, -0.2) is 0 Å². The number of rotatable bonds is 4. The quantitative estimate of drug-likeness (QED) is 0.557. The first-order valence-corrected chi connectivity index (χ1v) is 3.76. The molecule has 4 nitrogen and oxygen atoms in total. The third kappa shape index (κ3) is 3.37. The van der Waals surface area contributed by atoms with Crippen LogP contribution in [0, 0.1) is 0 Å². The van der Waals surface area contributed by atoms with Gasteiger partial charge in [-0.15, -0.1) is 5.16 Å². The Hall–Kier alpha value is -1.84. The average molecular weight is 178 g/mol. The van der Waals surface area contributed by atoms with Crippen LogP contribution in [0.2, 0.25) is 0 Å². The zero-order valence-corrected chi connectivity index (χ0v) is 7.06. The van der Waals surface area contributed by atoms with Gasteiger partial charge in [-0.05, 0) is 12.1 Å². The predicted molar refractivity (Wildman–Crippen MR) is 50.6 cm³/mol. The Labute approximate surface area is 76.2 Å². The van der Waals surface area contributed by atoms with E-state index in [1.54, 1.807) is 12.1 Å². The van der Waals surface area contributed by atoms with Crippen molar-refractivity contribution < 1.29 is 9.63 Å². The summed E-state index contributed by atoms with van der Waals surface area (Å²) in [6, 6.07) is 9.13. The number of anilines is 1. The Kier molecular flexibility index (Phi) is 3.50. The van der Waals surface area contributed by atoms with E-state index in [0.717, 1.165) is 5.69 Å². The minimum atomic E-state index is -0.251. The highest BCUT2D eigenvalue weighted by molar-refractivity contribution is 5.91. The van der Waals surface area contributed by atoms with E-state index >= 15 is 0 Å². The summed E-state index contributed by atoms with van der Waals surface area (Å²) >= 11 is 0. The normalized spacial score (nSPS) is 8.92. The number of benzene rings is 1. The molecule has 0 spiro atoms. The van der Waals surface area contributed by atoms with Gasteiger partial charge in [0.15, 0.2) is 6.61 Å². The fourth-order valence-electron chi connectivity index (χ4n) is 0.823. The average Bonchev–Trinajstić information content (AvgIpc) is 2.16. The molecule has 1 rings (SSSR count). The first-order valence-electron chi connectivity index (χ1n) is 3.76. The number of carbonyl (C=O) groups is 1. The third-order valence-corrected chi connectivity index (χ3v) is 1.34. The predicted octanol–water partition coefficient (Wildman–Crippen LogP) is 1.26. The molecule has 0 saturated heterocycles. The van der Waals surface area contributed by atoms with E-state index in [0.29, 0.717) is 0 Å². The molecule has 0 unspecified atom stereocenters. The number of hydrogen-bond donors (Lipinski definition) is 1. The van der Waals surface area contributed by atoms with Crippen LogP contribution < -0.4 is 5.32 Å². The Morgan fingerprint density at radius 2 is 2.15 bits per heavy atom. The molecule has 0 saturated carbocycles. The van der Waals surface area contributed by atoms with E-state index in [1.165, 1.54) is 0 Å². The van der Waals surface area contributed by atoms with Crippen molar-refractivity contribution in [2.75, 3.05) is 11.9 Å². The van der Waals surface area contributed by atoms with Crippen LogP contribution in [0.4, 0.5) is 5.69 Å². The number of hydrogen-bond acceptors (Lipinski definition) is 3. The molecule has 0 heterocycles. The number of carbonyl (C=O) groups excluding carboxylic acids is 1. The Bertz CT molecular complexity index is 285. The van der Waals surface area contributed by atoms with Crippen LogP contribution in [0.25, 0.3) is 0 Å². The molecule has 1 aromatic rings. The molecule has 0 radical (unpaired) electrons. The van der Waals surface area contributed by atoms with Gasteiger partial charge in [0.2, 0.25) is 0 Å². The minimum Gasteiger partial charge on any atom is -0.386 e. The molecule has 0 atom stereocenters. The third-order valence-electron chi connectivity index (χ3n) is 1.34. The fraction of sp³-hybridized carbons (Fsp3) is 0.111. The van der Waals surface area contributed by atoms with E-state index in [-0.39, 0.29) is 12.5 Å². The smallest absolute Gasteiger partial charge is 0.265 e. The van der Waals surface area contributed by atoms with Crippen molar-refractivity contribution in [3.05, 3.63) is 30.3 Å². The number of nitrogens with one attached hydrogen (secondary N) is 1. The van der Waals surface area contributed by atoms with Crippen molar-refractivity contribution in [2.24, 2.45) is 5.16 Å². The van der Waals surface area contributed by atoms with Gasteiger partial charge in [-0.1, -0.05) is 18.2 Å². The number of oxime groups is 1. The van der Waals surface area contributed by atoms with Crippen LogP contribution in [-0.2, 0) is 9.63 Å². The molecule has 13 heavy (non-hydrogen) atoms. The molecule has 1 N–H and O–H groups in total. The summed E-state index contributed by atoms with van der Waals surface area (Å²) in [6.07, 6.45) is 0. The lowest BCUT2D eigenvalue weighted by Gasteiger charge is -2.02. The van der Waals surface area contributed by atoms with Crippen molar-refractivity contribution in [3.63, 3.8) is 0 Å². The molecule has 0 aliphatic heterocycles. The van der Waals surface area contributed by atoms with Gasteiger partial charge in [0.25, 0.3) is 5.91 Å². The fourth-order valence-corrected chi connectivity index (χ4v) is 0.823. The Balaban J connectivity index is 2.41. The second kappa shape index (κ2) is 4.92.